The molecule has 1 saturated carbocycles. The van der Waals surface area contributed by atoms with Crippen molar-refractivity contribution in [2.24, 2.45) is 5.73 Å². The third kappa shape index (κ3) is 4.23. The summed E-state index contributed by atoms with van der Waals surface area (Å²) in [6.45, 7) is 2.02. The molecule has 1 aliphatic carbocycles. The van der Waals surface area contributed by atoms with E-state index in [2.05, 4.69) is 5.32 Å². The first-order valence-corrected chi connectivity index (χ1v) is 7.52. The summed E-state index contributed by atoms with van der Waals surface area (Å²) in [6, 6.07) is 7.09. The van der Waals surface area contributed by atoms with Crippen LogP contribution in [0.3, 0.4) is 0 Å². The maximum atomic E-state index is 11.8. The van der Waals surface area contributed by atoms with Crippen LogP contribution in [-0.2, 0) is 4.79 Å². The lowest BCUT2D eigenvalue weighted by Crippen LogP contribution is -2.35. The van der Waals surface area contributed by atoms with Gasteiger partial charge in [-0.1, -0.05) is 13.3 Å². The van der Waals surface area contributed by atoms with E-state index in [1.54, 1.807) is 0 Å². The number of nitrogens with two attached hydrogens (primary N) is 1. The molecular formula is C16H24N2O2. The Bertz CT molecular complexity index is 425. The van der Waals surface area contributed by atoms with E-state index in [0.29, 0.717) is 12.5 Å². The molecular weight excluding hydrogens is 252 g/mol. The van der Waals surface area contributed by atoms with Crippen LogP contribution in [0.4, 0.5) is 5.69 Å². The van der Waals surface area contributed by atoms with E-state index in [1.807, 2.05) is 31.2 Å². The second-order valence-corrected chi connectivity index (χ2v) is 5.43. The Balaban J connectivity index is 1.86. The number of hydrogen-bond donors (Lipinski definition) is 2. The summed E-state index contributed by atoms with van der Waals surface area (Å²) in [5.41, 5.74) is 6.54. The molecule has 0 radical (unpaired) electrons. The highest BCUT2D eigenvalue weighted by molar-refractivity contribution is 5.94. The standard InChI is InChI=1S/C16H24N2O2/c1-2-5-15(17)16(19)18-12-8-10-14(11-9-12)20-13-6-3-4-7-13/h8-11,13,15H,2-7,17H2,1H3,(H,18,19). The van der Waals surface area contributed by atoms with Gasteiger partial charge in [-0.25, -0.2) is 0 Å². The van der Waals surface area contributed by atoms with Gasteiger partial charge in [-0.2, -0.15) is 0 Å². The predicted octanol–water partition coefficient (Wildman–Crippen LogP) is 3.07. The van der Waals surface area contributed by atoms with E-state index < -0.39 is 6.04 Å². The third-order valence-corrected chi connectivity index (χ3v) is 3.66. The van der Waals surface area contributed by atoms with Gasteiger partial charge in [0.25, 0.3) is 0 Å². The fourth-order valence-corrected chi connectivity index (χ4v) is 2.49. The molecule has 1 atom stereocenters. The minimum atomic E-state index is -0.436. The molecule has 0 aromatic heterocycles. The van der Waals surface area contributed by atoms with Crippen LogP contribution in [0.25, 0.3) is 0 Å². The van der Waals surface area contributed by atoms with Gasteiger partial charge in [0.2, 0.25) is 5.91 Å². The molecule has 4 heteroatoms. The lowest BCUT2D eigenvalue weighted by atomic mass is 10.1. The molecule has 1 amide bonds. The van der Waals surface area contributed by atoms with Gasteiger partial charge in [0, 0.05) is 5.69 Å². The first kappa shape index (κ1) is 14.9. The molecule has 3 N–H and O–H groups in total. The zero-order valence-corrected chi connectivity index (χ0v) is 12.1. The number of nitrogens with one attached hydrogen (secondary N) is 1. The fourth-order valence-electron chi connectivity index (χ4n) is 2.49. The SMILES string of the molecule is CCCC(N)C(=O)Nc1ccc(OC2CCCC2)cc1. The highest BCUT2D eigenvalue weighted by Crippen LogP contribution is 2.25. The summed E-state index contributed by atoms with van der Waals surface area (Å²) in [4.78, 5) is 11.8. The molecule has 1 unspecified atom stereocenters. The Hall–Kier alpha value is -1.55. The van der Waals surface area contributed by atoms with Crippen molar-refractivity contribution in [2.45, 2.75) is 57.6 Å². The normalized spacial score (nSPS) is 16.9. The largest absolute Gasteiger partial charge is 0.490 e. The zero-order chi connectivity index (χ0) is 14.4. The van der Waals surface area contributed by atoms with Crippen molar-refractivity contribution >= 4 is 11.6 Å². The van der Waals surface area contributed by atoms with Crippen molar-refractivity contribution in [1.82, 2.24) is 0 Å². The van der Waals surface area contributed by atoms with Gasteiger partial charge in [-0.15, -0.1) is 0 Å². The minimum absolute atomic E-state index is 0.128. The zero-order valence-electron chi connectivity index (χ0n) is 12.1. The number of carbonyl (C=O) groups excluding carboxylic acids is 1. The molecule has 1 fully saturated rings. The highest BCUT2D eigenvalue weighted by atomic mass is 16.5. The average molecular weight is 276 g/mol. The highest BCUT2D eigenvalue weighted by Gasteiger charge is 2.16. The number of hydrogen-bond acceptors (Lipinski definition) is 3. The maximum absolute atomic E-state index is 11.8. The molecule has 0 saturated heterocycles. The van der Waals surface area contributed by atoms with Crippen molar-refractivity contribution in [1.29, 1.82) is 0 Å². The number of benzene rings is 1. The van der Waals surface area contributed by atoms with Gasteiger partial charge in [-0.3, -0.25) is 4.79 Å². The molecule has 20 heavy (non-hydrogen) atoms. The molecule has 110 valence electrons. The minimum Gasteiger partial charge on any atom is -0.490 e. The van der Waals surface area contributed by atoms with Crippen LogP contribution < -0.4 is 15.8 Å². The van der Waals surface area contributed by atoms with Crippen LogP contribution in [-0.4, -0.2) is 18.1 Å². The Morgan fingerprint density at radius 1 is 1.35 bits per heavy atom. The maximum Gasteiger partial charge on any atom is 0.241 e. The van der Waals surface area contributed by atoms with E-state index in [4.69, 9.17) is 10.5 Å². The van der Waals surface area contributed by atoms with E-state index >= 15 is 0 Å². The number of carbonyl (C=O) groups is 1. The summed E-state index contributed by atoms with van der Waals surface area (Å²) in [6.07, 6.45) is 6.77. The second kappa shape index (κ2) is 7.29. The van der Waals surface area contributed by atoms with Crippen molar-refractivity contribution in [3.63, 3.8) is 0 Å². The molecule has 0 spiro atoms. The van der Waals surface area contributed by atoms with Gasteiger partial charge in [0.05, 0.1) is 12.1 Å². The monoisotopic (exact) mass is 276 g/mol. The first-order chi connectivity index (χ1) is 9.69. The predicted molar refractivity (Wildman–Crippen MR) is 80.8 cm³/mol. The molecule has 1 aromatic rings. The lowest BCUT2D eigenvalue weighted by molar-refractivity contribution is -0.117. The summed E-state index contributed by atoms with van der Waals surface area (Å²) in [5, 5.41) is 2.83. The molecule has 4 nitrogen and oxygen atoms in total. The molecule has 0 aliphatic heterocycles. The van der Waals surface area contributed by atoms with E-state index in [-0.39, 0.29) is 5.91 Å². The smallest absolute Gasteiger partial charge is 0.241 e. The van der Waals surface area contributed by atoms with Crippen LogP contribution in [0.1, 0.15) is 45.4 Å². The number of anilines is 1. The Kier molecular flexibility index (Phi) is 5.41. The van der Waals surface area contributed by atoms with Gasteiger partial charge in [-0.05, 0) is 56.4 Å². The topological polar surface area (TPSA) is 64.4 Å². The van der Waals surface area contributed by atoms with Crippen molar-refractivity contribution in [3.05, 3.63) is 24.3 Å². The molecule has 1 aromatic carbocycles. The quantitative estimate of drug-likeness (QED) is 0.839. The van der Waals surface area contributed by atoms with Gasteiger partial charge in [0.15, 0.2) is 0 Å². The first-order valence-electron chi connectivity index (χ1n) is 7.52. The fraction of sp³-hybridized carbons (Fsp3) is 0.562. The third-order valence-electron chi connectivity index (χ3n) is 3.66. The van der Waals surface area contributed by atoms with Gasteiger partial charge < -0.3 is 15.8 Å². The Labute approximate surface area is 120 Å². The van der Waals surface area contributed by atoms with Crippen LogP contribution >= 0.6 is 0 Å². The summed E-state index contributed by atoms with van der Waals surface area (Å²) in [5.74, 6) is 0.740. The summed E-state index contributed by atoms with van der Waals surface area (Å²) >= 11 is 0. The van der Waals surface area contributed by atoms with Crippen LogP contribution in [0.2, 0.25) is 0 Å². The van der Waals surface area contributed by atoms with Crippen LogP contribution in [0.15, 0.2) is 24.3 Å². The summed E-state index contributed by atoms with van der Waals surface area (Å²) in [7, 11) is 0. The van der Waals surface area contributed by atoms with Gasteiger partial charge in [0.1, 0.15) is 5.75 Å². The average Bonchev–Trinajstić information content (AvgIpc) is 2.94. The van der Waals surface area contributed by atoms with E-state index in [1.165, 1.54) is 12.8 Å². The number of rotatable bonds is 6. The Morgan fingerprint density at radius 3 is 2.60 bits per heavy atom. The molecule has 0 bridgehead atoms. The van der Waals surface area contributed by atoms with Crippen LogP contribution in [0.5, 0.6) is 5.75 Å². The van der Waals surface area contributed by atoms with E-state index in [9.17, 15) is 4.79 Å². The molecule has 2 rings (SSSR count). The van der Waals surface area contributed by atoms with Crippen molar-refractivity contribution in [3.8, 4) is 5.75 Å². The molecule has 1 aliphatic rings. The Morgan fingerprint density at radius 2 is 2.00 bits per heavy atom. The number of ether oxygens (including phenoxy) is 1. The second-order valence-electron chi connectivity index (χ2n) is 5.43. The van der Waals surface area contributed by atoms with Crippen molar-refractivity contribution in [2.75, 3.05) is 5.32 Å². The van der Waals surface area contributed by atoms with Crippen LogP contribution in [0, 0.1) is 0 Å². The molecule has 0 heterocycles. The van der Waals surface area contributed by atoms with E-state index in [0.717, 1.165) is 30.7 Å². The summed E-state index contributed by atoms with van der Waals surface area (Å²) < 4.78 is 5.88. The number of amides is 1. The lowest BCUT2D eigenvalue weighted by Gasteiger charge is -2.14. The van der Waals surface area contributed by atoms with Crippen molar-refractivity contribution < 1.29 is 9.53 Å². The van der Waals surface area contributed by atoms with Gasteiger partial charge >= 0.3 is 0 Å².